The Labute approximate surface area is 328 Å². The Morgan fingerprint density at radius 1 is 0.527 bits per heavy atom. The molecule has 0 spiro atoms. The summed E-state index contributed by atoms with van der Waals surface area (Å²) in [6.45, 7) is 7.23. The molecular weight excluding hydrogens is 683 g/mol. The quantitative estimate of drug-likeness (QED) is 0.151. The van der Waals surface area contributed by atoms with Gasteiger partial charge in [0.2, 0.25) is 0 Å². The van der Waals surface area contributed by atoms with Gasteiger partial charge in [-0.2, -0.15) is 0 Å². The first-order valence-corrected chi connectivity index (χ1v) is 20.9. The summed E-state index contributed by atoms with van der Waals surface area (Å²) in [6, 6.07) is 61.3. The van der Waals surface area contributed by atoms with Crippen LogP contribution in [-0.2, 0) is 0 Å². The zero-order valence-corrected chi connectivity index (χ0v) is 32.6. The minimum absolute atomic E-state index is 0.109. The molecule has 0 amide bonds. The van der Waals surface area contributed by atoms with Crippen molar-refractivity contribution in [2.45, 2.75) is 45.6 Å². The summed E-state index contributed by atoms with van der Waals surface area (Å²) in [7, 11) is 0. The van der Waals surface area contributed by atoms with Gasteiger partial charge in [0.15, 0.2) is 0 Å². The zero-order valence-electron chi connectivity index (χ0n) is 31.7. The topological polar surface area (TPSA) is 12.4 Å². The lowest BCUT2D eigenvalue weighted by Crippen LogP contribution is -2.31. The van der Waals surface area contributed by atoms with E-state index in [-0.39, 0.29) is 12.0 Å². The molecule has 0 saturated carbocycles. The summed E-state index contributed by atoms with van der Waals surface area (Å²) in [5.41, 5.74) is 10.2. The second-order valence-corrected chi connectivity index (χ2v) is 16.9. The Bertz CT molecular complexity index is 2830. The monoisotopic (exact) mass is 727 g/mol. The average Bonchev–Trinajstić information content (AvgIpc) is 3.64. The van der Waals surface area contributed by atoms with Gasteiger partial charge in [-0.05, 0) is 109 Å². The molecule has 268 valence electrons. The van der Waals surface area contributed by atoms with Crippen LogP contribution < -0.4 is 0 Å². The van der Waals surface area contributed by atoms with Gasteiger partial charge in [0.25, 0.3) is 0 Å². The maximum absolute atomic E-state index is 5.80. The van der Waals surface area contributed by atoms with Gasteiger partial charge in [0.1, 0.15) is 0 Å². The molecule has 9 aromatic rings. The molecular formula is C53H45NS. The summed E-state index contributed by atoms with van der Waals surface area (Å²) in [4.78, 5) is 5.80. The fourth-order valence-corrected chi connectivity index (χ4v) is 11.0. The van der Waals surface area contributed by atoms with Crippen molar-refractivity contribution in [3.05, 3.63) is 180 Å². The standard InChI is InChI=1S/C53H45NS/c1-4-35-32-46(36-16-7-5-8-17-36)33(2)34(3)52(54-53(35)37-18-9-6-10-19-37)41-23-12-21-39(31-41)38-20-11-22-40(30-38)42-24-13-25-43-44-26-14-28-47-50(44)51-45(49(42)43)27-15-29-48(51)55-47/h5-31,33-35,46,53H,4,32H2,1-3H3/b54-52+. The van der Waals surface area contributed by atoms with E-state index >= 15 is 0 Å². The SMILES string of the molecule is CCC1CC(c2ccccc2)C(C)C(C)/C(c2cccc(-c3cccc(-c4cccc5c6cccc7sc8cccc(c45)c8c76)c3)c2)=N\C1c1ccccc1. The summed E-state index contributed by atoms with van der Waals surface area (Å²) >= 11 is 1.91. The van der Waals surface area contributed by atoms with Crippen molar-refractivity contribution in [2.75, 3.05) is 0 Å². The van der Waals surface area contributed by atoms with E-state index in [9.17, 15) is 0 Å². The van der Waals surface area contributed by atoms with Crippen LogP contribution >= 0.6 is 11.3 Å². The highest BCUT2D eigenvalue weighted by atomic mass is 32.1. The molecule has 0 saturated heterocycles. The van der Waals surface area contributed by atoms with Crippen LogP contribution in [0.15, 0.2) is 169 Å². The first kappa shape index (κ1) is 34.0. The predicted octanol–water partition coefficient (Wildman–Crippen LogP) is 15.1. The van der Waals surface area contributed by atoms with E-state index in [0.717, 1.165) is 12.8 Å². The number of aliphatic imine (C=N–C) groups is 1. The molecule has 1 aliphatic heterocycles. The fourth-order valence-electron chi connectivity index (χ4n) is 9.84. The number of fused-ring (bicyclic) bond motifs is 3. The van der Waals surface area contributed by atoms with Crippen LogP contribution in [0.2, 0.25) is 0 Å². The lowest BCUT2D eigenvalue weighted by atomic mass is 9.69. The molecule has 0 N–H and O–H groups in total. The average molecular weight is 728 g/mol. The van der Waals surface area contributed by atoms with Gasteiger partial charge in [-0.25, -0.2) is 0 Å². The predicted molar refractivity (Wildman–Crippen MR) is 238 cm³/mol. The number of benzene rings is 8. The van der Waals surface area contributed by atoms with E-state index in [0.29, 0.717) is 17.8 Å². The number of nitrogens with zero attached hydrogens (tertiary/aromatic N) is 1. The Kier molecular flexibility index (Phi) is 8.60. The highest BCUT2D eigenvalue weighted by molar-refractivity contribution is 7.26. The number of hydrogen-bond acceptors (Lipinski definition) is 2. The van der Waals surface area contributed by atoms with Crippen LogP contribution in [0.1, 0.15) is 62.3 Å². The van der Waals surface area contributed by atoms with E-state index in [2.05, 4.69) is 185 Å². The second-order valence-electron chi connectivity index (χ2n) is 15.8. The van der Waals surface area contributed by atoms with Crippen molar-refractivity contribution >= 4 is 58.8 Å². The lowest BCUT2D eigenvalue weighted by Gasteiger charge is -2.38. The Morgan fingerprint density at radius 2 is 1.07 bits per heavy atom. The largest absolute Gasteiger partial charge is 0.280 e. The number of rotatable bonds is 6. The van der Waals surface area contributed by atoms with Crippen LogP contribution in [-0.4, -0.2) is 5.71 Å². The minimum Gasteiger partial charge on any atom is -0.280 e. The lowest BCUT2D eigenvalue weighted by molar-refractivity contribution is 0.277. The molecule has 2 heterocycles. The van der Waals surface area contributed by atoms with Gasteiger partial charge < -0.3 is 0 Å². The molecule has 1 aliphatic rings. The Hall–Kier alpha value is -5.57. The molecule has 0 aliphatic carbocycles. The smallest absolute Gasteiger partial charge is 0.0780 e. The van der Waals surface area contributed by atoms with Crippen LogP contribution in [0, 0.1) is 17.8 Å². The van der Waals surface area contributed by atoms with E-state index < -0.39 is 0 Å². The van der Waals surface area contributed by atoms with Crippen LogP contribution in [0.4, 0.5) is 0 Å². The molecule has 5 atom stereocenters. The molecule has 5 unspecified atom stereocenters. The van der Waals surface area contributed by atoms with Gasteiger partial charge in [-0.1, -0.05) is 167 Å². The van der Waals surface area contributed by atoms with Crippen molar-refractivity contribution in [2.24, 2.45) is 22.7 Å². The molecule has 55 heavy (non-hydrogen) atoms. The third-order valence-electron chi connectivity index (χ3n) is 12.8. The molecule has 2 heteroatoms. The Balaban J connectivity index is 1.10. The molecule has 0 fully saturated rings. The molecule has 0 bridgehead atoms. The van der Waals surface area contributed by atoms with Crippen molar-refractivity contribution in [3.63, 3.8) is 0 Å². The normalized spacial score (nSPS) is 21.5. The molecule has 1 aromatic heterocycles. The highest BCUT2D eigenvalue weighted by Crippen LogP contribution is 2.48. The first-order valence-electron chi connectivity index (χ1n) is 20.0. The van der Waals surface area contributed by atoms with Crippen LogP contribution in [0.5, 0.6) is 0 Å². The molecule has 0 radical (unpaired) electrons. The minimum atomic E-state index is 0.109. The van der Waals surface area contributed by atoms with Crippen molar-refractivity contribution in [3.8, 4) is 22.3 Å². The highest BCUT2D eigenvalue weighted by Gasteiger charge is 2.36. The van der Waals surface area contributed by atoms with Gasteiger partial charge in [0.05, 0.1) is 6.04 Å². The van der Waals surface area contributed by atoms with E-state index in [4.69, 9.17) is 4.99 Å². The van der Waals surface area contributed by atoms with Gasteiger partial charge in [0, 0.05) is 31.8 Å². The second kappa shape index (κ2) is 13.9. The van der Waals surface area contributed by atoms with Crippen LogP contribution in [0.25, 0.3) is 64.0 Å². The molecule has 8 aromatic carbocycles. The maximum atomic E-state index is 5.80. The zero-order chi connectivity index (χ0) is 37.0. The van der Waals surface area contributed by atoms with Gasteiger partial charge in [-0.15, -0.1) is 11.3 Å². The summed E-state index contributed by atoms with van der Waals surface area (Å²) < 4.78 is 2.73. The Morgan fingerprint density at radius 3 is 1.76 bits per heavy atom. The number of hydrogen-bond donors (Lipinski definition) is 0. The van der Waals surface area contributed by atoms with E-state index in [1.165, 1.54) is 86.4 Å². The van der Waals surface area contributed by atoms with Gasteiger partial charge in [-0.3, -0.25) is 4.99 Å². The van der Waals surface area contributed by atoms with Crippen LogP contribution in [0.3, 0.4) is 0 Å². The third-order valence-corrected chi connectivity index (χ3v) is 14.0. The summed E-state index contributed by atoms with van der Waals surface area (Å²) in [6.07, 6.45) is 2.23. The van der Waals surface area contributed by atoms with E-state index in [1.54, 1.807) is 0 Å². The summed E-state index contributed by atoms with van der Waals surface area (Å²) in [5.74, 6) is 1.61. The third kappa shape index (κ3) is 5.78. The van der Waals surface area contributed by atoms with Crippen molar-refractivity contribution in [1.82, 2.24) is 0 Å². The van der Waals surface area contributed by atoms with Crippen molar-refractivity contribution in [1.29, 1.82) is 0 Å². The molecule has 1 nitrogen and oxygen atoms in total. The fraction of sp³-hybridized carbons (Fsp3) is 0.189. The van der Waals surface area contributed by atoms with Crippen molar-refractivity contribution < 1.29 is 0 Å². The maximum Gasteiger partial charge on any atom is 0.0780 e. The first-order chi connectivity index (χ1) is 27.1. The number of thiophene rings is 1. The van der Waals surface area contributed by atoms with Gasteiger partial charge >= 0.3 is 0 Å². The summed E-state index contributed by atoms with van der Waals surface area (Å²) in [5, 5.41) is 8.17. The molecule has 10 rings (SSSR count). The van der Waals surface area contributed by atoms with E-state index in [1.807, 2.05) is 11.3 Å².